The molecule has 2 rings (SSSR count). The van der Waals surface area contributed by atoms with Crippen LogP contribution in [0.15, 0.2) is 47.4 Å². The van der Waals surface area contributed by atoms with E-state index in [0.717, 1.165) is 11.1 Å². The minimum Gasteiger partial charge on any atom is -0.325 e. The normalized spacial score (nSPS) is 11.3. The lowest BCUT2D eigenvalue weighted by molar-refractivity contribution is -0.115. The van der Waals surface area contributed by atoms with E-state index in [9.17, 15) is 13.2 Å². The highest BCUT2D eigenvalue weighted by atomic mass is 35.5. The van der Waals surface area contributed by atoms with Crippen LogP contribution in [0.4, 0.5) is 5.69 Å². The summed E-state index contributed by atoms with van der Waals surface area (Å²) < 4.78 is 26.5. The Hall–Kier alpha value is -1.89. The molecule has 0 radical (unpaired) electrons. The van der Waals surface area contributed by atoms with Gasteiger partial charge in [-0.15, -0.1) is 0 Å². The van der Waals surface area contributed by atoms with Crippen molar-refractivity contribution in [3.05, 3.63) is 58.6 Å². The Labute approximate surface area is 140 Å². The van der Waals surface area contributed by atoms with Crippen molar-refractivity contribution >= 4 is 33.2 Å². The predicted octanol–water partition coefficient (Wildman–Crippen LogP) is 2.87. The summed E-state index contributed by atoms with van der Waals surface area (Å²) in [4.78, 5) is 12.0. The maximum absolute atomic E-state index is 12.1. The molecule has 23 heavy (non-hydrogen) atoms. The van der Waals surface area contributed by atoms with Crippen molar-refractivity contribution in [1.82, 2.24) is 4.72 Å². The van der Waals surface area contributed by atoms with E-state index >= 15 is 0 Å². The molecular formula is C16H17ClN2O3S. The molecule has 0 bridgehead atoms. The van der Waals surface area contributed by atoms with Crippen LogP contribution in [0.3, 0.4) is 0 Å². The Morgan fingerprint density at radius 3 is 2.35 bits per heavy atom. The van der Waals surface area contributed by atoms with Gasteiger partial charge in [0.1, 0.15) is 0 Å². The first-order chi connectivity index (χ1) is 10.8. The average Bonchev–Trinajstić information content (AvgIpc) is 2.49. The third-order valence-electron chi connectivity index (χ3n) is 3.22. The van der Waals surface area contributed by atoms with Crippen LogP contribution in [0.2, 0.25) is 5.02 Å². The highest BCUT2D eigenvalue weighted by Crippen LogP contribution is 2.19. The maximum Gasteiger partial charge on any atom is 0.241 e. The van der Waals surface area contributed by atoms with Gasteiger partial charge in [0.15, 0.2) is 0 Å². The van der Waals surface area contributed by atoms with Crippen LogP contribution < -0.4 is 10.0 Å². The first-order valence-electron chi connectivity index (χ1n) is 6.90. The van der Waals surface area contributed by atoms with Gasteiger partial charge in [-0.1, -0.05) is 29.3 Å². The minimum atomic E-state index is -3.71. The van der Waals surface area contributed by atoms with Crippen LogP contribution in [0.5, 0.6) is 0 Å². The second-order valence-corrected chi connectivity index (χ2v) is 7.35. The van der Waals surface area contributed by atoms with Gasteiger partial charge in [-0.2, -0.15) is 0 Å². The topological polar surface area (TPSA) is 75.3 Å². The van der Waals surface area contributed by atoms with Crippen molar-refractivity contribution in [1.29, 1.82) is 0 Å². The molecule has 1 amide bonds. The Morgan fingerprint density at radius 1 is 1.09 bits per heavy atom. The molecule has 0 saturated carbocycles. The van der Waals surface area contributed by atoms with E-state index in [1.165, 1.54) is 12.1 Å². The number of hydrogen-bond acceptors (Lipinski definition) is 3. The minimum absolute atomic E-state index is 0.124. The zero-order valence-corrected chi connectivity index (χ0v) is 14.3. The molecule has 0 atom stereocenters. The average molecular weight is 353 g/mol. The van der Waals surface area contributed by atoms with Crippen molar-refractivity contribution in [2.24, 2.45) is 0 Å². The van der Waals surface area contributed by atoms with Crippen LogP contribution in [0, 0.1) is 13.8 Å². The van der Waals surface area contributed by atoms with Crippen LogP contribution in [0.1, 0.15) is 11.1 Å². The SMILES string of the molecule is Cc1ccc(S(=O)(=O)NCC(=O)Nc2ccc(Cl)cc2C)cc1. The van der Waals surface area contributed by atoms with Crippen LogP contribution >= 0.6 is 11.6 Å². The number of hydrogen-bond donors (Lipinski definition) is 2. The van der Waals surface area contributed by atoms with E-state index in [2.05, 4.69) is 10.0 Å². The summed E-state index contributed by atoms with van der Waals surface area (Å²) in [5, 5.41) is 3.22. The van der Waals surface area contributed by atoms with Crippen molar-refractivity contribution in [3.8, 4) is 0 Å². The fourth-order valence-electron chi connectivity index (χ4n) is 1.92. The number of benzene rings is 2. The van der Waals surface area contributed by atoms with Gasteiger partial charge in [-0.3, -0.25) is 4.79 Å². The van der Waals surface area contributed by atoms with Crippen molar-refractivity contribution in [3.63, 3.8) is 0 Å². The highest BCUT2D eigenvalue weighted by molar-refractivity contribution is 7.89. The van der Waals surface area contributed by atoms with Crippen molar-refractivity contribution in [2.75, 3.05) is 11.9 Å². The number of carbonyl (C=O) groups is 1. The Balaban J connectivity index is 1.99. The predicted molar refractivity (Wildman–Crippen MR) is 91.2 cm³/mol. The van der Waals surface area contributed by atoms with Crippen LogP contribution in [-0.4, -0.2) is 20.9 Å². The largest absolute Gasteiger partial charge is 0.325 e. The highest BCUT2D eigenvalue weighted by Gasteiger charge is 2.15. The summed E-state index contributed by atoms with van der Waals surface area (Å²) in [6.45, 7) is 3.32. The Kier molecular flexibility index (Phi) is 5.41. The summed E-state index contributed by atoms with van der Waals surface area (Å²) in [5.41, 5.74) is 2.35. The second-order valence-electron chi connectivity index (χ2n) is 5.15. The molecule has 2 N–H and O–H groups in total. The lowest BCUT2D eigenvalue weighted by atomic mass is 10.2. The zero-order valence-electron chi connectivity index (χ0n) is 12.8. The lowest BCUT2D eigenvalue weighted by Gasteiger charge is -2.10. The van der Waals surface area contributed by atoms with Gasteiger partial charge >= 0.3 is 0 Å². The number of carbonyl (C=O) groups excluding carboxylic acids is 1. The van der Waals surface area contributed by atoms with E-state index in [0.29, 0.717) is 10.7 Å². The number of nitrogens with one attached hydrogen (secondary N) is 2. The molecule has 5 nitrogen and oxygen atoms in total. The van der Waals surface area contributed by atoms with E-state index < -0.39 is 15.9 Å². The summed E-state index contributed by atoms with van der Waals surface area (Å²) in [6.07, 6.45) is 0. The molecule has 122 valence electrons. The Bertz CT molecular complexity index is 818. The summed E-state index contributed by atoms with van der Waals surface area (Å²) in [7, 11) is -3.71. The fourth-order valence-corrected chi connectivity index (χ4v) is 3.13. The van der Waals surface area contributed by atoms with Gasteiger partial charge in [0, 0.05) is 10.7 Å². The van der Waals surface area contributed by atoms with Gasteiger partial charge in [0.25, 0.3) is 0 Å². The fraction of sp³-hybridized carbons (Fsp3) is 0.188. The van der Waals surface area contributed by atoms with E-state index in [1.807, 2.05) is 6.92 Å². The number of amides is 1. The van der Waals surface area contributed by atoms with Crippen LogP contribution in [-0.2, 0) is 14.8 Å². The molecule has 0 aliphatic heterocycles. The molecule has 0 aromatic heterocycles. The number of sulfonamides is 1. The lowest BCUT2D eigenvalue weighted by Crippen LogP contribution is -2.33. The molecule has 0 fully saturated rings. The standard InChI is InChI=1S/C16H17ClN2O3S/c1-11-3-6-14(7-4-11)23(21,22)18-10-16(20)19-15-8-5-13(17)9-12(15)2/h3-9,18H,10H2,1-2H3,(H,19,20). The summed E-state index contributed by atoms with van der Waals surface area (Å²) in [5.74, 6) is -0.453. The summed E-state index contributed by atoms with van der Waals surface area (Å²) in [6, 6.07) is 11.4. The first kappa shape index (κ1) is 17.5. The molecule has 2 aromatic carbocycles. The van der Waals surface area contributed by atoms with Crippen molar-refractivity contribution < 1.29 is 13.2 Å². The van der Waals surface area contributed by atoms with Gasteiger partial charge in [0.2, 0.25) is 15.9 Å². The first-order valence-corrected chi connectivity index (χ1v) is 8.76. The molecule has 0 heterocycles. The molecule has 0 unspecified atom stereocenters. The summed E-state index contributed by atoms with van der Waals surface area (Å²) >= 11 is 5.85. The van der Waals surface area contributed by atoms with E-state index in [1.54, 1.807) is 37.3 Å². The molecular weight excluding hydrogens is 336 g/mol. The maximum atomic E-state index is 12.1. The zero-order chi connectivity index (χ0) is 17.0. The smallest absolute Gasteiger partial charge is 0.241 e. The molecule has 7 heteroatoms. The Morgan fingerprint density at radius 2 is 1.74 bits per heavy atom. The third-order valence-corrected chi connectivity index (χ3v) is 4.87. The third kappa shape index (κ3) is 4.79. The van der Waals surface area contributed by atoms with Crippen LogP contribution in [0.25, 0.3) is 0 Å². The molecule has 0 aliphatic carbocycles. The number of halogens is 1. The van der Waals surface area contributed by atoms with E-state index in [-0.39, 0.29) is 11.4 Å². The monoisotopic (exact) mass is 352 g/mol. The number of rotatable bonds is 5. The van der Waals surface area contributed by atoms with E-state index in [4.69, 9.17) is 11.6 Å². The quantitative estimate of drug-likeness (QED) is 0.868. The number of anilines is 1. The number of aryl methyl sites for hydroxylation is 2. The molecule has 2 aromatic rings. The van der Waals surface area contributed by atoms with Gasteiger partial charge in [0.05, 0.1) is 11.4 Å². The second kappa shape index (κ2) is 7.12. The molecule has 0 spiro atoms. The molecule has 0 aliphatic rings. The van der Waals surface area contributed by atoms with Gasteiger partial charge in [-0.25, -0.2) is 13.1 Å². The molecule has 0 saturated heterocycles. The van der Waals surface area contributed by atoms with Crippen molar-refractivity contribution in [2.45, 2.75) is 18.7 Å². The van der Waals surface area contributed by atoms with Gasteiger partial charge in [-0.05, 0) is 49.7 Å². The van der Waals surface area contributed by atoms with Gasteiger partial charge < -0.3 is 5.32 Å².